The normalized spacial score (nSPS) is 30.0. The Morgan fingerprint density at radius 3 is 2.76 bits per heavy atom. The zero-order valence-electron chi connectivity index (χ0n) is 16.6. The fraction of sp³-hybridized carbons (Fsp3) is 0.667. The van der Waals surface area contributed by atoms with E-state index < -0.39 is 0 Å². The number of aryl methyl sites for hydroxylation is 1. The zero-order chi connectivity index (χ0) is 19.8. The lowest BCUT2D eigenvalue weighted by Crippen LogP contribution is -2.48. The van der Waals surface area contributed by atoms with Gasteiger partial charge in [-0.3, -0.25) is 9.69 Å². The molecule has 1 amide bonds. The first-order valence-corrected chi connectivity index (χ1v) is 10.7. The first-order valence-electron chi connectivity index (χ1n) is 10.7. The first kappa shape index (κ1) is 18.8. The molecule has 3 fully saturated rings. The van der Waals surface area contributed by atoms with Crippen molar-refractivity contribution in [2.24, 2.45) is 11.8 Å². The second-order valence-electron chi connectivity index (χ2n) is 8.66. The molecule has 8 heteroatoms. The van der Waals surface area contributed by atoms with Crippen LogP contribution in [0.3, 0.4) is 0 Å². The number of aliphatic hydroxyl groups excluding tert-OH is 1. The Labute approximate surface area is 169 Å². The average Bonchev–Trinajstić information content (AvgIpc) is 3.51. The Morgan fingerprint density at radius 2 is 2.00 bits per heavy atom. The summed E-state index contributed by atoms with van der Waals surface area (Å²) in [6.45, 7) is 3.77. The van der Waals surface area contributed by atoms with E-state index in [0.29, 0.717) is 42.2 Å². The Hall–Kier alpha value is -2.19. The van der Waals surface area contributed by atoms with Crippen molar-refractivity contribution in [3.05, 3.63) is 24.3 Å². The van der Waals surface area contributed by atoms with Gasteiger partial charge in [-0.15, -0.1) is 0 Å². The van der Waals surface area contributed by atoms with Crippen molar-refractivity contribution in [2.45, 2.75) is 50.7 Å². The van der Waals surface area contributed by atoms with Crippen molar-refractivity contribution < 1.29 is 18.8 Å². The first-order chi connectivity index (χ1) is 14.2. The quantitative estimate of drug-likeness (QED) is 0.819. The van der Waals surface area contributed by atoms with Crippen molar-refractivity contribution in [3.8, 4) is 11.6 Å². The minimum absolute atomic E-state index is 0.129. The highest BCUT2D eigenvalue weighted by molar-refractivity contribution is 5.76. The summed E-state index contributed by atoms with van der Waals surface area (Å²) in [7, 11) is 0. The number of likely N-dealkylation sites (tertiary alicyclic amines) is 2. The van der Waals surface area contributed by atoms with Crippen LogP contribution in [-0.2, 0) is 11.2 Å². The van der Waals surface area contributed by atoms with Gasteiger partial charge in [0.25, 0.3) is 0 Å². The van der Waals surface area contributed by atoms with E-state index in [1.807, 2.05) is 4.90 Å². The SMILES string of the molecule is O=C(CCc1nc(-c2ccco2)no1)N1C[C@H]2C[C@@H](N3CCCC3)[C@H](O)C[C@H]2C1. The van der Waals surface area contributed by atoms with Crippen LogP contribution in [0.5, 0.6) is 0 Å². The van der Waals surface area contributed by atoms with Gasteiger partial charge in [0, 0.05) is 32.0 Å². The number of fused-ring (bicyclic) bond motifs is 1. The van der Waals surface area contributed by atoms with E-state index in [4.69, 9.17) is 8.94 Å². The summed E-state index contributed by atoms with van der Waals surface area (Å²) in [4.78, 5) is 21.5. The van der Waals surface area contributed by atoms with Gasteiger partial charge >= 0.3 is 0 Å². The molecule has 0 unspecified atom stereocenters. The molecule has 1 aliphatic carbocycles. The van der Waals surface area contributed by atoms with Crippen LogP contribution in [0.2, 0.25) is 0 Å². The molecule has 2 aromatic rings. The summed E-state index contributed by atoms with van der Waals surface area (Å²) in [5.74, 6) is 2.46. The van der Waals surface area contributed by atoms with Gasteiger partial charge in [0.05, 0.1) is 12.4 Å². The standard InChI is InChI=1S/C21H28N4O4/c26-17-11-15-13-25(12-14(15)10-16(17)24-7-1-2-8-24)20(27)6-5-19-22-21(23-29-19)18-4-3-9-28-18/h3-4,9,14-17,26H,1-2,5-8,10-13H2/t14-,15+,16-,17-/m1/s1. The summed E-state index contributed by atoms with van der Waals surface area (Å²) < 4.78 is 10.5. The van der Waals surface area contributed by atoms with Gasteiger partial charge in [-0.05, 0) is 62.7 Å². The van der Waals surface area contributed by atoms with Gasteiger partial charge in [0.15, 0.2) is 5.76 Å². The van der Waals surface area contributed by atoms with Crippen LogP contribution in [0, 0.1) is 11.8 Å². The maximum absolute atomic E-state index is 12.8. The number of hydrogen-bond donors (Lipinski definition) is 1. The summed E-state index contributed by atoms with van der Waals surface area (Å²) >= 11 is 0. The zero-order valence-corrected chi connectivity index (χ0v) is 16.6. The average molecular weight is 400 g/mol. The minimum Gasteiger partial charge on any atom is -0.461 e. The molecule has 0 bridgehead atoms. The van der Waals surface area contributed by atoms with Gasteiger partial charge in [-0.1, -0.05) is 5.16 Å². The van der Waals surface area contributed by atoms with Crippen LogP contribution < -0.4 is 0 Å². The number of amides is 1. The van der Waals surface area contributed by atoms with Gasteiger partial charge < -0.3 is 18.9 Å². The molecule has 1 N–H and O–H groups in total. The van der Waals surface area contributed by atoms with Gasteiger partial charge in [0.1, 0.15) is 0 Å². The smallest absolute Gasteiger partial charge is 0.238 e. The van der Waals surface area contributed by atoms with Crippen molar-refractivity contribution >= 4 is 5.91 Å². The number of nitrogens with zero attached hydrogens (tertiary/aromatic N) is 4. The van der Waals surface area contributed by atoms with Crippen LogP contribution in [0.1, 0.15) is 38.0 Å². The highest BCUT2D eigenvalue weighted by Crippen LogP contribution is 2.39. The Morgan fingerprint density at radius 1 is 1.21 bits per heavy atom. The van der Waals surface area contributed by atoms with Gasteiger partial charge in [-0.25, -0.2) is 0 Å². The molecule has 2 aromatic heterocycles. The molecule has 8 nitrogen and oxygen atoms in total. The third-order valence-corrected chi connectivity index (χ3v) is 6.83. The topological polar surface area (TPSA) is 95.8 Å². The molecule has 0 radical (unpaired) electrons. The molecule has 0 aromatic carbocycles. The third-order valence-electron chi connectivity index (χ3n) is 6.83. The monoisotopic (exact) mass is 400 g/mol. The van der Waals surface area contributed by atoms with E-state index in [2.05, 4.69) is 15.0 Å². The van der Waals surface area contributed by atoms with Crippen LogP contribution in [-0.4, -0.2) is 69.3 Å². The highest BCUT2D eigenvalue weighted by Gasteiger charge is 2.44. The summed E-state index contributed by atoms with van der Waals surface area (Å²) in [6, 6.07) is 3.81. The van der Waals surface area contributed by atoms with E-state index in [0.717, 1.165) is 39.0 Å². The molecule has 2 saturated heterocycles. The summed E-state index contributed by atoms with van der Waals surface area (Å²) in [5.41, 5.74) is 0. The molecule has 156 valence electrons. The highest BCUT2D eigenvalue weighted by atomic mass is 16.5. The molecule has 4 atom stereocenters. The molecular formula is C21H28N4O4. The van der Waals surface area contributed by atoms with Crippen molar-refractivity contribution in [3.63, 3.8) is 0 Å². The molecule has 2 aliphatic heterocycles. The molecule has 3 aliphatic rings. The number of carbonyl (C=O) groups excluding carboxylic acids is 1. The Balaban J connectivity index is 1.15. The lowest BCUT2D eigenvalue weighted by molar-refractivity contribution is -0.130. The molecule has 5 rings (SSSR count). The summed E-state index contributed by atoms with van der Waals surface area (Å²) in [6.07, 6.45) is 6.38. The van der Waals surface area contributed by atoms with E-state index >= 15 is 0 Å². The number of carbonyl (C=O) groups is 1. The molecule has 0 spiro atoms. The minimum atomic E-state index is -0.261. The second-order valence-corrected chi connectivity index (χ2v) is 8.66. The predicted molar refractivity (Wildman–Crippen MR) is 104 cm³/mol. The molecule has 29 heavy (non-hydrogen) atoms. The van der Waals surface area contributed by atoms with Crippen LogP contribution in [0.15, 0.2) is 27.3 Å². The van der Waals surface area contributed by atoms with Gasteiger partial charge in [-0.2, -0.15) is 4.98 Å². The number of aromatic nitrogens is 2. The second kappa shape index (κ2) is 7.91. The van der Waals surface area contributed by atoms with Crippen molar-refractivity contribution in [1.29, 1.82) is 0 Å². The fourth-order valence-electron chi connectivity index (χ4n) is 5.31. The van der Waals surface area contributed by atoms with E-state index in [1.54, 1.807) is 18.4 Å². The maximum Gasteiger partial charge on any atom is 0.238 e. The molecule has 1 saturated carbocycles. The van der Waals surface area contributed by atoms with Gasteiger partial charge in [0.2, 0.25) is 17.6 Å². The molecule has 4 heterocycles. The third kappa shape index (κ3) is 3.83. The number of rotatable bonds is 5. The number of aliphatic hydroxyl groups is 1. The summed E-state index contributed by atoms with van der Waals surface area (Å²) in [5, 5.41) is 14.6. The molecular weight excluding hydrogens is 372 g/mol. The maximum atomic E-state index is 12.8. The Kier molecular flexibility index (Phi) is 5.13. The lowest BCUT2D eigenvalue weighted by Gasteiger charge is -2.40. The lowest BCUT2D eigenvalue weighted by atomic mass is 9.77. The van der Waals surface area contributed by atoms with Crippen molar-refractivity contribution in [2.75, 3.05) is 26.2 Å². The van der Waals surface area contributed by atoms with Crippen LogP contribution in [0.25, 0.3) is 11.6 Å². The predicted octanol–water partition coefficient (Wildman–Crippen LogP) is 1.96. The van der Waals surface area contributed by atoms with E-state index in [1.165, 1.54) is 12.8 Å². The van der Waals surface area contributed by atoms with Crippen molar-refractivity contribution in [1.82, 2.24) is 19.9 Å². The fourth-order valence-corrected chi connectivity index (χ4v) is 5.31. The largest absolute Gasteiger partial charge is 0.461 e. The van der Waals surface area contributed by atoms with E-state index in [-0.39, 0.29) is 18.1 Å². The van der Waals surface area contributed by atoms with Crippen LogP contribution in [0.4, 0.5) is 0 Å². The van der Waals surface area contributed by atoms with Crippen LogP contribution >= 0.6 is 0 Å². The Bertz CT molecular complexity index is 830. The van der Waals surface area contributed by atoms with E-state index in [9.17, 15) is 9.90 Å². The number of hydrogen-bond acceptors (Lipinski definition) is 7. The number of furan rings is 1.